The van der Waals surface area contributed by atoms with Crippen LogP contribution in [-0.4, -0.2) is 38.0 Å². The Morgan fingerprint density at radius 1 is 1.33 bits per heavy atom. The van der Waals surface area contributed by atoms with Gasteiger partial charge < -0.3 is 5.11 Å². The lowest BCUT2D eigenvalue weighted by molar-refractivity contribution is 0.275. The Balaban J connectivity index is 3.16. The highest BCUT2D eigenvalue weighted by atomic mass is 79.9. The molecule has 0 spiro atoms. The summed E-state index contributed by atoms with van der Waals surface area (Å²) in [6.07, 6.45) is 0.219. The molecule has 1 N–H and O–H groups in total. The first kappa shape index (κ1) is 15.5. The molecule has 0 bridgehead atoms. The van der Waals surface area contributed by atoms with Crippen molar-refractivity contribution < 1.29 is 22.3 Å². The Hall–Kier alpha value is -0.570. The predicted molar refractivity (Wildman–Crippen MR) is 65.6 cm³/mol. The van der Waals surface area contributed by atoms with Crippen LogP contribution in [0.5, 0.6) is 0 Å². The van der Waals surface area contributed by atoms with E-state index in [0.717, 1.165) is 10.4 Å². The second-order valence-electron chi connectivity index (χ2n) is 3.60. The summed E-state index contributed by atoms with van der Waals surface area (Å²) < 4.78 is 51.4. The molecule has 0 heterocycles. The SMILES string of the molecule is CN(CCCO)S(=O)(=O)c1cc(F)c(Br)cc1F. The normalized spacial score (nSPS) is 12.1. The fourth-order valence-electron chi connectivity index (χ4n) is 1.28. The molecule has 1 aromatic carbocycles. The van der Waals surface area contributed by atoms with E-state index in [1.807, 2.05) is 0 Å². The molecule has 0 aliphatic heterocycles. The van der Waals surface area contributed by atoms with Crippen LogP contribution in [0.1, 0.15) is 6.42 Å². The zero-order valence-electron chi connectivity index (χ0n) is 9.53. The van der Waals surface area contributed by atoms with E-state index in [1.54, 1.807) is 0 Å². The molecule has 18 heavy (non-hydrogen) atoms. The van der Waals surface area contributed by atoms with Crippen molar-refractivity contribution in [3.05, 3.63) is 28.2 Å². The van der Waals surface area contributed by atoms with Crippen molar-refractivity contribution in [3.8, 4) is 0 Å². The molecule has 0 saturated heterocycles. The fourth-order valence-corrected chi connectivity index (χ4v) is 2.86. The number of rotatable bonds is 5. The lowest BCUT2D eigenvalue weighted by Gasteiger charge is -2.17. The van der Waals surface area contributed by atoms with Crippen LogP contribution in [0.15, 0.2) is 21.5 Å². The lowest BCUT2D eigenvalue weighted by atomic mass is 10.3. The lowest BCUT2D eigenvalue weighted by Crippen LogP contribution is -2.29. The zero-order chi connectivity index (χ0) is 13.9. The van der Waals surface area contributed by atoms with Crippen LogP contribution in [0.2, 0.25) is 0 Å². The second kappa shape index (κ2) is 6.05. The van der Waals surface area contributed by atoms with E-state index in [9.17, 15) is 17.2 Å². The average Bonchev–Trinajstić information content (AvgIpc) is 2.30. The number of aliphatic hydroxyl groups excluding tert-OH is 1. The van der Waals surface area contributed by atoms with Crippen LogP contribution < -0.4 is 0 Å². The molecule has 4 nitrogen and oxygen atoms in total. The van der Waals surface area contributed by atoms with E-state index < -0.39 is 26.6 Å². The molecular formula is C10H12BrF2NO3S. The van der Waals surface area contributed by atoms with Gasteiger partial charge in [0.05, 0.1) is 4.47 Å². The average molecular weight is 344 g/mol. The highest BCUT2D eigenvalue weighted by Crippen LogP contribution is 2.25. The number of sulfonamides is 1. The Labute approximate surface area is 112 Å². The number of hydrogen-bond acceptors (Lipinski definition) is 3. The summed E-state index contributed by atoms with van der Waals surface area (Å²) in [5, 5.41) is 8.62. The molecule has 1 rings (SSSR count). The molecule has 0 saturated carbocycles. The van der Waals surface area contributed by atoms with Crippen LogP contribution in [0.4, 0.5) is 8.78 Å². The largest absolute Gasteiger partial charge is 0.396 e. The topological polar surface area (TPSA) is 57.6 Å². The van der Waals surface area contributed by atoms with Gasteiger partial charge >= 0.3 is 0 Å². The number of aliphatic hydroxyl groups is 1. The van der Waals surface area contributed by atoms with Crippen LogP contribution in [0.25, 0.3) is 0 Å². The molecule has 0 unspecified atom stereocenters. The van der Waals surface area contributed by atoms with Crippen molar-refractivity contribution >= 4 is 26.0 Å². The maximum atomic E-state index is 13.6. The van der Waals surface area contributed by atoms with Crippen LogP contribution in [0.3, 0.4) is 0 Å². The van der Waals surface area contributed by atoms with Crippen LogP contribution in [0, 0.1) is 11.6 Å². The van der Waals surface area contributed by atoms with Gasteiger partial charge in [0.25, 0.3) is 0 Å². The molecule has 0 amide bonds. The first-order valence-electron chi connectivity index (χ1n) is 5.02. The molecular weight excluding hydrogens is 332 g/mol. The smallest absolute Gasteiger partial charge is 0.245 e. The number of nitrogens with zero attached hydrogens (tertiary/aromatic N) is 1. The van der Waals surface area contributed by atoms with Gasteiger partial charge in [0, 0.05) is 20.2 Å². The Kier molecular flexibility index (Phi) is 5.20. The summed E-state index contributed by atoms with van der Waals surface area (Å²) >= 11 is 2.77. The monoisotopic (exact) mass is 343 g/mol. The van der Waals surface area contributed by atoms with Crippen molar-refractivity contribution in [1.29, 1.82) is 0 Å². The third kappa shape index (κ3) is 3.25. The van der Waals surface area contributed by atoms with Crippen molar-refractivity contribution in [2.75, 3.05) is 20.2 Å². The van der Waals surface area contributed by atoms with Crippen molar-refractivity contribution in [2.24, 2.45) is 0 Å². The van der Waals surface area contributed by atoms with Gasteiger partial charge in [-0.2, -0.15) is 0 Å². The van der Waals surface area contributed by atoms with Gasteiger partial charge in [0.15, 0.2) is 0 Å². The molecule has 0 fully saturated rings. The summed E-state index contributed by atoms with van der Waals surface area (Å²) in [4.78, 5) is -0.719. The molecule has 102 valence electrons. The summed E-state index contributed by atoms with van der Waals surface area (Å²) in [6, 6.07) is 1.40. The summed E-state index contributed by atoms with van der Waals surface area (Å²) in [6.45, 7) is -0.160. The van der Waals surface area contributed by atoms with Crippen LogP contribution in [-0.2, 0) is 10.0 Å². The maximum absolute atomic E-state index is 13.6. The van der Waals surface area contributed by atoms with Gasteiger partial charge in [-0.15, -0.1) is 0 Å². The minimum atomic E-state index is -4.09. The molecule has 0 radical (unpaired) electrons. The summed E-state index contributed by atoms with van der Waals surface area (Å²) in [5.74, 6) is -1.88. The minimum Gasteiger partial charge on any atom is -0.396 e. The third-order valence-corrected chi connectivity index (χ3v) is 4.77. The standard InChI is InChI=1S/C10H12BrF2NO3S/c1-14(3-2-4-15)18(16,17)10-6-8(12)7(11)5-9(10)13/h5-6,15H,2-4H2,1H3. The van der Waals surface area contributed by atoms with Gasteiger partial charge in [0.1, 0.15) is 16.5 Å². The highest BCUT2D eigenvalue weighted by molar-refractivity contribution is 9.10. The highest BCUT2D eigenvalue weighted by Gasteiger charge is 2.25. The van der Waals surface area contributed by atoms with Gasteiger partial charge in [0.2, 0.25) is 10.0 Å². The minimum absolute atomic E-state index is 0.0238. The molecule has 0 aliphatic rings. The molecule has 8 heteroatoms. The fraction of sp³-hybridized carbons (Fsp3) is 0.400. The molecule has 1 aromatic rings. The van der Waals surface area contributed by atoms with Crippen molar-refractivity contribution in [2.45, 2.75) is 11.3 Å². The van der Waals surface area contributed by atoms with Gasteiger partial charge in [-0.3, -0.25) is 0 Å². The molecule has 0 aliphatic carbocycles. The van der Waals surface area contributed by atoms with E-state index >= 15 is 0 Å². The summed E-state index contributed by atoms with van der Waals surface area (Å²) in [7, 11) is -2.85. The molecule has 0 atom stereocenters. The van der Waals surface area contributed by atoms with Gasteiger partial charge in [-0.05, 0) is 34.5 Å². The first-order chi connectivity index (χ1) is 8.30. The zero-order valence-corrected chi connectivity index (χ0v) is 11.9. The molecule has 0 aromatic heterocycles. The van der Waals surface area contributed by atoms with E-state index in [2.05, 4.69) is 15.9 Å². The van der Waals surface area contributed by atoms with Gasteiger partial charge in [-0.1, -0.05) is 0 Å². The summed E-state index contributed by atoms with van der Waals surface area (Å²) in [5.41, 5.74) is 0. The number of hydrogen-bond donors (Lipinski definition) is 1. The Bertz CT molecular complexity index is 536. The van der Waals surface area contributed by atoms with E-state index in [1.165, 1.54) is 7.05 Å². The van der Waals surface area contributed by atoms with Gasteiger partial charge in [-0.25, -0.2) is 21.5 Å². The van der Waals surface area contributed by atoms with Crippen LogP contribution >= 0.6 is 15.9 Å². The third-order valence-electron chi connectivity index (χ3n) is 2.29. The van der Waals surface area contributed by atoms with E-state index in [4.69, 9.17) is 5.11 Å². The first-order valence-corrected chi connectivity index (χ1v) is 7.25. The second-order valence-corrected chi connectivity index (χ2v) is 6.47. The Morgan fingerprint density at radius 3 is 2.50 bits per heavy atom. The Morgan fingerprint density at radius 2 is 1.94 bits per heavy atom. The van der Waals surface area contributed by atoms with Crippen molar-refractivity contribution in [1.82, 2.24) is 4.31 Å². The number of halogens is 3. The van der Waals surface area contributed by atoms with E-state index in [0.29, 0.717) is 6.07 Å². The van der Waals surface area contributed by atoms with E-state index in [-0.39, 0.29) is 24.0 Å². The maximum Gasteiger partial charge on any atom is 0.245 e. The predicted octanol–water partition coefficient (Wildman–Crippen LogP) is 1.73. The number of benzene rings is 1. The van der Waals surface area contributed by atoms with Crippen molar-refractivity contribution in [3.63, 3.8) is 0 Å². The quantitative estimate of drug-likeness (QED) is 0.828.